The molecule has 1 aliphatic heterocycles. The monoisotopic (exact) mass is 466 g/mol. The van der Waals surface area contributed by atoms with E-state index in [2.05, 4.69) is 21.7 Å². The number of carboxylic acids is 1. The lowest BCUT2D eigenvalue weighted by Crippen LogP contribution is -2.33. The molecule has 0 saturated carbocycles. The topological polar surface area (TPSA) is 108 Å². The van der Waals surface area contributed by atoms with Crippen LogP contribution in [0.25, 0.3) is 11.5 Å². The lowest BCUT2D eigenvalue weighted by Gasteiger charge is -2.26. The summed E-state index contributed by atoms with van der Waals surface area (Å²) in [4.78, 5) is 26.1. The van der Waals surface area contributed by atoms with Crippen LogP contribution in [0, 0.1) is 11.3 Å². The second-order valence-corrected chi connectivity index (χ2v) is 8.41. The molecular weight excluding hydrogens is 440 g/mol. The number of likely N-dealkylation sites (tertiary alicyclic amines) is 1. The number of carbonyl (C=O) groups is 1. The molecule has 3 rings (SSSR count). The molecule has 172 valence electrons. The zero-order chi connectivity index (χ0) is 23.6. The van der Waals surface area contributed by atoms with Gasteiger partial charge >= 0.3 is 5.97 Å². The largest absolute Gasteiger partial charge is 0.492 e. The molecule has 1 aromatic carbocycles. The van der Waals surface area contributed by atoms with E-state index in [4.69, 9.17) is 15.1 Å². The summed E-state index contributed by atoms with van der Waals surface area (Å²) in [5, 5.41) is 21.1. The average Bonchev–Trinajstić information content (AvgIpc) is 3.12. The number of aliphatic carboxylic acids is 1. The number of nitriles is 1. The zero-order valence-electron chi connectivity index (χ0n) is 18.5. The number of nitrogens with zero attached hydrogens (tertiary/aromatic N) is 3. The molecule has 1 fully saturated rings. The molecule has 0 atom stereocenters. The van der Waals surface area contributed by atoms with Crippen LogP contribution in [0.3, 0.4) is 0 Å². The molecule has 1 aliphatic rings. The standard InChI is InChI=1S/C24H26N4O4S/c1-2-28-22(15-18(17-25)24(30)31)33-21(23(28)29)9-10-26-19-7-6-8-20(16-19)32-14-13-27-11-4-3-5-12-27/h6-8,10,16,26H,2-5,11-14H2,1H3,(H,30,31). The van der Waals surface area contributed by atoms with E-state index >= 15 is 0 Å². The van der Waals surface area contributed by atoms with E-state index < -0.39 is 11.5 Å². The molecule has 0 amide bonds. The number of benzene rings is 1. The number of hydrogen-bond donors (Lipinski definition) is 2. The van der Waals surface area contributed by atoms with E-state index in [1.165, 1.54) is 30.0 Å². The molecule has 1 aromatic heterocycles. The maximum atomic E-state index is 12.6. The van der Waals surface area contributed by atoms with Gasteiger partial charge < -0.3 is 15.2 Å². The summed E-state index contributed by atoms with van der Waals surface area (Å²) < 4.78 is 7.79. The van der Waals surface area contributed by atoms with Crippen molar-refractivity contribution in [3.8, 4) is 11.8 Å². The minimum absolute atomic E-state index is 0.265. The van der Waals surface area contributed by atoms with Crippen molar-refractivity contribution in [3.63, 3.8) is 0 Å². The summed E-state index contributed by atoms with van der Waals surface area (Å²) in [6.45, 7) is 5.90. The molecule has 1 saturated heterocycles. The van der Waals surface area contributed by atoms with Crippen LogP contribution in [-0.4, -0.2) is 46.8 Å². The molecule has 0 radical (unpaired) electrons. The fourth-order valence-corrected chi connectivity index (χ4v) is 4.44. The number of aromatic nitrogens is 1. The number of rotatable bonds is 8. The van der Waals surface area contributed by atoms with Gasteiger partial charge in [-0.15, -0.1) is 0 Å². The highest BCUT2D eigenvalue weighted by Crippen LogP contribution is 2.17. The van der Waals surface area contributed by atoms with E-state index in [1.54, 1.807) is 13.0 Å². The van der Waals surface area contributed by atoms with Gasteiger partial charge in [0, 0.05) is 31.0 Å². The van der Waals surface area contributed by atoms with E-state index in [9.17, 15) is 9.59 Å². The molecule has 33 heavy (non-hydrogen) atoms. The smallest absolute Gasteiger partial charge is 0.354 e. The zero-order valence-corrected chi connectivity index (χ0v) is 19.3. The molecule has 8 nitrogen and oxygen atoms in total. The molecule has 0 spiro atoms. The first-order chi connectivity index (χ1) is 16.0. The van der Waals surface area contributed by atoms with E-state index in [-0.39, 0.29) is 14.8 Å². The average molecular weight is 467 g/mol. The maximum absolute atomic E-state index is 12.6. The van der Waals surface area contributed by atoms with Crippen molar-refractivity contribution in [2.75, 3.05) is 31.6 Å². The molecule has 0 bridgehead atoms. The van der Waals surface area contributed by atoms with Crippen molar-refractivity contribution in [1.29, 1.82) is 5.26 Å². The van der Waals surface area contributed by atoms with Gasteiger partial charge in [-0.3, -0.25) is 14.3 Å². The van der Waals surface area contributed by atoms with Gasteiger partial charge in [0.25, 0.3) is 5.56 Å². The number of hydrogen-bond acceptors (Lipinski definition) is 7. The van der Waals surface area contributed by atoms with Crippen LogP contribution in [-0.2, 0) is 11.3 Å². The van der Waals surface area contributed by atoms with Crippen molar-refractivity contribution in [2.24, 2.45) is 0 Å². The maximum Gasteiger partial charge on any atom is 0.354 e. The third-order valence-corrected chi connectivity index (χ3v) is 6.17. The van der Waals surface area contributed by atoms with Gasteiger partial charge in [-0.2, -0.15) is 5.26 Å². The SMILES string of the molecule is CCn1c(=C=C(C#N)C(=O)O)sc(=C=CNc2cccc(OCCN3CCCCC3)c2)c1=O. The Morgan fingerprint density at radius 3 is 2.82 bits per heavy atom. The molecule has 2 aromatic rings. The van der Waals surface area contributed by atoms with E-state index in [0.29, 0.717) is 13.2 Å². The van der Waals surface area contributed by atoms with Gasteiger partial charge in [0.15, 0.2) is 5.57 Å². The molecule has 2 heterocycles. The van der Waals surface area contributed by atoms with Gasteiger partial charge in [0.2, 0.25) is 0 Å². The third-order valence-electron chi connectivity index (χ3n) is 5.16. The summed E-state index contributed by atoms with van der Waals surface area (Å²) >= 11 is 1.03. The van der Waals surface area contributed by atoms with Crippen LogP contribution < -0.4 is 24.8 Å². The number of piperidine rings is 1. The number of ether oxygens (including phenoxy) is 1. The Kier molecular flexibility index (Phi) is 8.71. The first-order valence-corrected chi connectivity index (χ1v) is 11.6. The molecule has 0 aliphatic carbocycles. The number of anilines is 1. The van der Waals surface area contributed by atoms with Crippen molar-refractivity contribution < 1.29 is 14.6 Å². The first kappa shape index (κ1) is 24.1. The Bertz CT molecular complexity index is 1280. The first-order valence-electron chi connectivity index (χ1n) is 10.8. The van der Waals surface area contributed by atoms with Crippen LogP contribution in [0.1, 0.15) is 26.2 Å². The third kappa shape index (κ3) is 6.72. The van der Waals surface area contributed by atoms with Crippen molar-refractivity contribution in [2.45, 2.75) is 32.7 Å². The number of carboxylic acid groups (broad SMARTS) is 1. The minimum atomic E-state index is -1.39. The number of nitrogens with one attached hydrogen (secondary N) is 1. The van der Waals surface area contributed by atoms with Crippen LogP contribution in [0.5, 0.6) is 5.75 Å². The van der Waals surface area contributed by atoms with Gasteiger partial charge in [0.1, 0.15) is 27.6 Å². The molecule has 9 heteroatoms. The molecule has 2 N–H and O–H groups in total. The van der Waals surface area contributed by atoms with Crippen molar-refractivity contribution in [3.05, 3.63) is 55.6 Å². The Morgan fingerprint density at radius 1 is 1.33 bits per heavy atom. The summed E-state index contributed by atoms with van der Waals surface area (Å²) in [6, 6.07) is 9.11. The summed E-state index contributed by atoms with van der Waals surface area (Å²) in [5.41, 5.74) is 5.33. The Hall–Kier alpha value is -3.53. The summed E-state index contributed by atoms with van der Waals surface area (Å²) in [5.74, 6) is -0.628. The highest BCUT2D eigenvalue weighted by molar-refractivity contribution is 7.07. The normalized spacial score (nSPS) is 13.3. The Labute approximate surface area is 195 Å². The number of thiazole rings is 1. The second kappa shape index (κ2) is 11.9. The Morgan fingerprint density at radius 2 is 2.12 bits per heavy atom. The predicted octanol–water partition coefficient (Wildman–Crippen LogP) is 1.71. The lowest BCUT2D eigenvalue weighted by atomic mass is 10.1. The molecular formula is C24H26N4O4S. The van der Waals surface area contributed by atoms with Crippen LogP contribution >= 0.6 is 11.3 Å². The highest BCUT2D eigenvalue weighted by Gasteiger charge is 2.09. The summed E-state index contributed by atoms with van der Waals surface area (Å²) in [6.07, 6.45) is 5.35. The van der Waals surface area contributed by atoms with Gasteiger partial charge in [0.05, 0.1) is 0 Å². The van der Waals surface area contributed by atoms with E-state index in [1.807, 2.05) is 24.3 Å². The van der Waals surface area contributed by atoms with Crippen molar-refractivity contribution >= 4 is 34.5 Å². The second-order valence-electron chi connectivity index (χ2n) is 7.41. The minimum Gasteiger partial charge on any atom is -0.492 e. The van der Waals surface area contributed by atoms with Crippen molar-refractivity contribution in [1.82, 2.24) is 9.47 Å². The van der Waals surface area contributed by atoms with Crippen LogP contribution in [0.4, 0.5) is 5.69 Å². The highest BCUT2D eigenvalue weighted by atomic mass is 32.1. The predicted molar refractivity (Wildman–Crippen MR) is 128 cm³/mol. The molecule has 0 unspecified atom stereocenters. The summed E-state index contributed by atoms with van der Waals surface area (Å²) in [7, 11) is 0. The Balaban J connectivity index is 1.75. The fourth-order valence-electron chi connectivity index (χ4n) is 3.45. The lowest BCUT2D eigenvalue weighted by molar-refractivity contribution is -0.132. The van der Waals surface area contributed by atoms with Gasteiger partial charge in [-0.1, -0.05) is 35.3 Å². The van der Waals surface area contributed by atoms with Crippen LogP contribution in [0.15, 0.2) is 40.8 Å². The fraction of sp³-hybridized carbons (Fsp3) is 0.375. The van der Waals surface area contributed by atoms with Gasteiger partial charge in [-0.05, 0) is 45.0 Å². The van der Waals surface area contributed by atoms with Crippen LogP contribution in [0.2, 0.25) is 0 Å². The van der Waals surface area contributed by atoms with Gasteiger partial charge in [-0.25, -0.2) is 4.79 Å². The van der Waals surface area contributed by atoms with E-state index in [0.717, 1.165) is 42.4 Å². The quantitative estimate of drug-likeness (QED) is 0.450.